The molecule has 0 rings (SSSR count). The molecule has 0 heterocycles. The van der Waals surface area contributed by atoms with Crippen LogP contribution in [0.2, 0.25) is 0 Å². The summed E-state index contributed by atoms with van der Waals surface area (Å²) in [5.41, 5.74) is 0. The van der Waals surface area contributed by atoms with E-state index in [9.17, 15) is 70.2 Å². The van der Waals surface area contributed by atoms with Gasteiger partial charge >= 0.3 is 42.4 Å². The van der Waals surface area contributed by atoms with Crippen molar-refractivity contribution < 1.29 is 79.7 Å². The molecule has 0 radical (unpaired) electrons. The molecule has 212 valence electrons. The van der Waals surface area contributed by atoms with Gasteiger partial charge in [-0.3, -0.25) is 9.47 Å². The van der Waals surface area contributed by atoms with Crippen molar-refractivity contribution >= 4 is 0 Å². The minimum atomic E-state index is -7.70. The minimum Gasteiger partial charge on any atom is -0.273 e. The van der Waals surface area contributed by atoms with Crippen molar-refractivity contribution in [1.29, 1.82) is 0 Å². The average Bonchev–Trinajstić information content (AvgIpc) is 2.65. The Bertz CT molecular complexity index is 657. The lowest BCUT2D eigenvalue weighted by Gasteiger charge is -2.40. The van der Waals surface area contributed by atoms with Crippen molar-refractivity contribution in [3.8, 4) is 0 Å². The van der Waals surface area contributed by atoms with Gasteiger partial charge in [0.05, 0.1) is 0 Å². The number of rotatable bonds is 14. The smallest absolute Gasteiger partial charge is 0.273 e. The SMILES string of the molecule is CCCCN(CCCC)C(F)(F)C(F)OC(F)(F)C(F)(OC(F)(F)C(F)(F)C(F)(F)F)C(F)(F)F. The molecule has 0 amide bonds. The van der Waals surface area contributed by atoms with Gasteiger partial charge in [0.15, 0.2) is 0 Å². The first kappa shape index (κ1) is 33.8. The summed E-state index contributed by atoms with van der Waals surface area (Å²) in [5, 5.41) is 0. The van der Waals surface area contributed by atoms with Gasteiger partial charge in [-0.25, -0.2) is 9.29 Å². The number of hydrogen-bond donors (Lipinski definition) is 0. The largest absolute Gasteiger partial charge is 0.462 e. The van der Waals surface area contributed by atoms with Crippen LogP contribution in [0, 0.1) is 0 Å². The molecule has 3 nitrogen and oxygen atoms in total. The quantitative estimate of drug-likeness (QED) is 0.163. The zero-order chi connectivity index (χ0) is 28.3. The van der Waals surface area contributed by atoms with Crippen molar-refractivity contribution in [1.82, 2.24) is 4.90 Å². The van der Waals surface area contributed by atoms with Crippen LogP contribution in [0.25, 0.3) is 0 Å². The number of nitrogens with zero attached hydrogens (tertiary/aromatic N) is 1. The molecule has 0 fully saturated rings. The van der Waals surface area contributed by atoms with E-state index in [2.05, 4.69) is 4.74 Å². The van der Waals surface area contributed by atoms with E-state index < -0.39 is 61.8 Å². The van der Waals surface area contributed by atoms with E-state index in [-0.39, 0.29) is 30.6 Å². The molecule has 2 atom stereocenters. The van der Waals surface area contributed by atoms with Gasteiger partial charge in [0.2, 0.25) is 0 Å². The second-order valence-electron chi connectivity index (χ2n) is 7.02. The Morgan fingerprint density at radius 1 is 0.629 bits per heavy atom. The lowest BCUT2D eigenvalue weighted by atomic mass is 10.2. The molecule has 0 spiro atoms. The maximum atomic E-state index is 14.3. The van der Waals surface area contributed by atoms with Gasteiger partial charge < -0.3 is 0 Å². The minimum absolute atomic E-state index is 0.153. The normalized spacial score (nSPS) is 17.6. The second kappa shape index (κ2) is 11.0. The summed E-state index contributed by atoms with van der Waals surface area (Å²) >= 11 is 0. The summed E-state index contributed by atoms with van der Waals surface area (Å²) in [6.45, 7) is 1.32. The van der Waals surface area contributed by atoms with Crippen LogP contribution in [0.5, 0.6) is 0 Å². The maximum absolute atomic E-state index is 14.3. The van der Waals surface area contributed by atoms with Gasteiger partial charge in [0, 0.05) is 13.1 Å². The van der Waals surface area contributed by atoms with Crippen LogP contribution in [0.4, 0.5) is 70.2 Å². The third-order valence-corrected chi connectivity index (χ3v) is 4.24. The third kappa shape index (κ3) is 7.17. The molecule has 2 unspecified atom stereocenters. The fourth-order valence-corrected chi connectivity index (χ4v) is 2.22. The lowest BCUT2D eigenvalue weighted by molar-refractivity contribution is -0.542. The zero-order valence-electron chi connectivity index (χ0n) is 17.6. The molecule has 0 saturated heterocycles. The topological polar surface area (TPSA) is 21.7 Å². The molecule has 35 heavy (non-hydrogen) atoms. The molecule has 0 aliphatic carbocycles. The number of alkyl halides is 16. The standard InChI is InChI=1S/C16H19F16NO2/c1-3-5-7-33(8-6-4-2)10(18,19)9(17)34-16(31,32)12(22,14(26,27)28)35-15(29,30)11(20,21)13(23,24)25/h9H,3-8H2,1-2H3. The third-order valence-electron chi connectivity index (χ3n) is 4.24. The van der Waals surface area contributed by atoms with Gasteiger partial charge in [0.1, 0.15) is 0 Å². The van der Waals surface area contributed by atoms with E-state index >= 15 is 0 Å². The fourth-order valence-electron chi connectivity index (χ4n) is 2.22. The second-order valence-corrected chi connectivity index (χ2v) is 7.02. The average molecular weight is 561 g/mol. The lowest BCUT2D eigenvalue weighted by Crippen LogP contribution is -2.66. The van der Waals surface area contributed by atoms with Crippen LogP contribution in [0.15, 0.2) is 0 Å². The number of hydrogen-bond acceptors (Lipinski definition) is 3. The summed E-state index contributed by atoms with van der Waals surface area (Å²) in [5.74, 6) is -15.4. The first-order valence-electron chi connectivity index (χ1n) is 9.46. The molecule has 0 aromatic heterocycles. The van der Waals surface area contributed by atoms with E-state index in [1.54, 1.807) is 4.74 Å². The summed E-state index contributed by atoms with van der Waals surface area (Å²) in [4.78, 5) is -0.207. The van der Waals surface area contributed by atoms with Crippen molar-refractivity contribution in [3.63, 3.8) is 0 Å². The molecular weight excluding hydrogens is 542 g/mol. The molecule has 0 bridgehead atoms. The van der Waals surface area contributed by atoms with Crippen LogP contribution in [0.1, 0.15) is 39.5 Å². The Hall–Kier alpha value is -1.24. The molecule has 0 aliphatic heterocycles. The fraction of sp³-hybridized carbons (Fsp3) is 1.00. The van der Waals surface area contributed by atoms with Crippen molar-refractivity contribution in [2.24, 2.45) is 0 Å². The maximum Gasteiger partial charge on any atom is 0.462 e. The van der Waals surface area contributed by atoms with E-state index in [0.29, 0.717) is 0 Å². The van der Waals surface area contributed by atoms with Gasteiger partial charge in [0.25, 0.3) is 6.36 Å². The molecule has 0 aliphatic rings. The van der Waals surface area contributed by atoms with Crippen molar-refractivity contribution in [2.75, 3.05) is 13.1 Å². The molecule has 0 saturated carbocycles. The molecule has 0 N–H and O–H groups in total. The molecule has 0 aromatic carbocycles. The summed E-state index contributed by atoms with van der Waals surface area (Å²) in [6.07, 6.45) is -35.1. The highest BCUT2D eigenvalue weighted by atomic mass is 19.4. The van der Waals surface area contributed by atoms with E-state index in [1.807, 2.05) is 0 Å². The molecular formula is C16H19F16NO2. The monoisotopic (exact) mass is 561 g/mol. The number of ether oxygens (including phenoxy) is 2. The van der Waals surface area contributed by atoms with Gasteiger partial charge in [-0.2, -0.15) is 65.9 Å². The van der Waals surface area contributed by atoms with Crippen LogP contribution >= 0.6 is 0 Å². The number of unbranched alkanes of at least 4 members (excludes halogenated alkanes) is 2. The van der Waals surface area contributed by atoms with E-state index in [4.69, 9.17) is 0 Å². The van der Waals surface area contributed by atoms with E-state index in [0.717, 1.165) is 0 Å². The highest BCUT2D eigenvalue weighted by Gasteiger charge is 2.84. The predicted octanol–water partition coefficient (Wildman–Crippen LogP) is 7.42. The van der Waals surface area contributed by atoms with Crippen LogP contribution in [-0.4, -0.2) is 66.7 Å². The van der Waals surface area contributed by atoms with Crippen LogP contribution in [-0.2, 0) is 9.47 Å². The summed E-state index contributed by atoms with van der Waals surface area (Å²) in [6, 6.07) is -5.27. The highest BCUT2D eigenvalue weighted by molar-refractivity contribution is 4.93. The van der Waals surface area contributed by atoms with Crippen LogP contribution < -0.4 is 0 Å². The first-order chi connectivity index (χ1) is 15.4. The Balaban J connectivity index is 6.28. The molecule has 0 aromatic rings. The Labute approximate surface area is 187 Å². The van der Waals surface area contributed by atoms with Crippen molar-refractivity contribution in [2.45, 2.75) is 88.3 Å². The zero-order valence-corrected chi connectivity index (χ0v) is 17.6. The Morgan fingerprint density at radius 2 is 1.03 bits per heavy atom. The Morgan fingerprint density at radius 3 is 1.34 bits per heavy atom. The summed E-state index contributed by atoms with van der Waals surface area (Å²) in [7, 11) is 0. The Kier molecular flexibility index (Phi) is 10.6. The number of halogens is 16. The first-order valence-corrected chi connectivity index (χ1v) is 9.46. The highest BCUT2D eigenvalue weighted by Crippen LogP contribution is 2.55. The summed E-state index contributed by atoms with van der Waals surface area (Å²) < 4.78 is 215. The molecule has 19 heteroatoms. The van der Waals surface area contributed by atoms with Crippen LogP contribution in [0.3, 0.4) is 0 Å². The van der Waals surface area contributed by atoms with Gasteiger partial charge in [-0.1, -0.05) is 26.7 Å². The predicted molar refractivity (Wildman–Crippen MR) is 84.2 cm³/mol. The van der Waals surface area contributed by atoms with Crippen molar-refractivity contribution in [3.05, 3.63) is 0 Å². The van der Waals surface area contributed by atoms with Gasteiger partial charge in [-0.15, -0.1) is 0 Å². The van der Waals surface area contributed by atoms with Gasteiger partial charge in [-0.05, 0) is 12.8 Å². The van der Waals surface area contributed by atoms with E-state index in [1.165, 1.54) is 13.8 Å².